The molecule has 0 atom stereocenters. The number of anilines is 3. The highest BCUT2D eigenvalue weighted by Crippen LogP contribution is 2.21. The van der Waals surface area contributed by atoms with Crippen LogP contribution in [0.2, 0.25) is 0 Å². The lowest BCUT2D eigenvalue weighted by Crippen LogP contribution is -2.05. The van der Waals surface area contributed by atoms with Gasteiger partial charge in [0.05, 0.1) is 12.2 Å². The first-order valence-corrected chi connectivity index (χ1v) is 7.52. The van der Waals surface area contributed by atoms with Gasteiger partial charge in [-0.2, -0.15) is 4.98 Å². The Bertz CT molecular complexity index is 786. The average molecular weight is 305 g/mol. The Labute approximate surface area is 135 Å². The zero-order valence-electron chi connectivity index (χ0n) is 13.2. The molecule has 5 heteroatoms. The van der Waals surface area contributed by atoms with Gasteiger partial charge in [0.2, 0.25) is 5.95 Å². The summed E-state index contributed by atoms with van der Waals surface area (Å²) in [6.45, 7) is 4.80. The van der Waals surface area contributed by atoms with Crippen molar-refractivity contribution in [3.05, 3.63) is 71.7 Å². The number of aromatic nitrogens is 3. The monoisotopic (exact) mass is 305 g/mol. The minimum Gasteiger partial charge on any atom is -0.364 e. The molecule has 0 unspecified atom stereocenters. The van der Waals surface area contributed by atoms with E-state index in [0.29, 0.717) is 12.5 Å². The van der Waals surface area contributed by atoms with E-state index in [1.807, 2.05) is 36.4 Å². The zero-order valence-corrected chi connectivity index (χ0v) is 13.2. The summed E-state index contributed by atoms with van der Waals surface area (Å²) < 4.78 is 0. The predicted molar refractivity (Wildman–Crippen MR) is 92.8 cm³/mol. The van der Waals surface area contributed by atoms with Gasteiger partial charge in [0.15, 0.2) is 0 Å². The first-order valence-electron chi connectivity index (χ1n) is 7.52. The molecule has 0 radical (unpaired) electrons. The Morgan fingerprint density at radius 2 is 1.83 bits per heavy atom. The molecule has 2 heterocycles. The van der Waals surface area contributed by atoms with E-state index in [1.54, 1.807) is 12.4 Å². The summed E-state index contributed by atoms with van der Waals surface area (Å²) in [5.74, 6) is 1.34. The third-order valence-electron chi connectivity index (χ3n) is 3.68. The molecule has 23 heavy (non-hydrogen) atoms. The van der Waals surface area contributed by atoms with Crippen molar-refractivity contribution in [3.8, 4) is 0 Å². The first-order chi connectivity index (χ1) is 11.2. The Morgan fingerprint density at radius 3 is 2.65 bits per heavy atom. The van der Waals surface area contributed by atoms with E-state index < -0.39 is 0 Å². The molecule has 116 valence electrons. The van der Waals surface area contributed by atoms with Gasteiger partial charge in [0.1, 0.15) is 5.82 Å². The molecule has 0 saturated heterocycles. The van der Waals surface area contributed by atoms with Crippen molar-refractivity contribution in [2.75, 3.05) is 10.6 Å². The summed E-state index contributed by atoms with van der Waals surface area (Å²) in [6, 6.07) is 13.8. The Morgan fingerprint density at radius 1 is 0.913 bits per heavy atom. The minimum absolute atomic E-state index is 0.574. The molecule has 0 saturated carbocycles. The normalized spacial score (nSPS) is 10.3. The Hall–Kier alpha value is -2.95. The predicted octanol–water partition coefficient (Wildman–Crippen LogP) is 3.84. The van der Waals surface area contributed by atoms with Crippen LogP contribution in [0.25, 0.3) is 0 Å². The molecular formula is C18H19N5. The number of rotatable bonds is 5. The maximum Gasteiger partial charge on any atom is 0.229 e. The molecule has 2 N–H and O–H groups in total. The summed E-state index contributed by atoms with van der Waals surface area (Å²) in [5.41, 5.74) is 4.42. The molecule has 0 bridgehead atoms. The number of benzene rings is 1. The topological polar surface area (TPSA) is 62.7 Å². The van der Waals surface area contributed by atoms with Crippen LogP contribution in [-0.4, -0.2) is 15.0 Å². The number of hydrogen-bond acceptors (Lipinski definition) is 5. The third kappa shape index (κ3) is 3.83. The van der Waals surface area contributed by atoms with Gasteiger partial charge in [0, 0.05) is 18.1 Å². The van der Waals surface area contributed by atoms with Gasteiger partial charge < -0.3 is 10.6 Å². The molecule has 5 nitrogen and oxygen atoms in total. The van der Waals surface area contributed by atoms with Crippen molar-refractivity contribution in [1.29, 1.82) is 0 Å². The zero-order chi connectivity index (χ0) is 16.1. The van der Waals surface area contributed by atoms with Gasteiger partial charge >= 0.3 is 0 Å². The van der Waals surface area contributed by atoms with Crippen LogP contribution in [0.5, 0.6) is 0 Å². The fourth-order valence-electron chi connectivity index (χ4n) is 2.21. The van der Waals surface area contributed by atoms with Gasteiger partial charge in [0.25, 0.3) is 0 Å². The largest absolute Gasteiger partial charge is 0.364 e. The second kappa shape index (κ2) is 6.87. The molecule has 0 fully saturated rings. The second-order valence-corrected chi connectivity index (χ2v) is 5.31. The smallest absolute Gasteiger partial charge is 0.229 e. The molecule has 1 aromatic carbocycles. The van der Waals surface area contributed by atoms with Gasteiger partial charge in [-0.15, -0.1) is 0 Å². The molecular weight excluding hydrogens is 286 g/mol. The number of aryl methyl sites for hydroxylation is 1. The standard InChI is InChI=1S/C18H19N5/c1-13-6-5-8-16(14(13)2)22-18-20-11-9-17(23-18)21-12-15-7-3-4-10-19-15/h3-11H,12H2,1-2H3,(H2,20,21,22,23). The van der Waals surface area contributed by atoms with Crippen LogP contribution in [0.1, 0.15) is 16.8 Å². The molecule has 0 spiro atoms. The number of nitrogens with one attached hydrogen (secondary N) is 2. The van der Waals surface area contributed by atoms with Crippen molar-refractivity contribution in [2.45, 2.75) is 20.4 Å². The average Bonchev–Trinajstić information content (AvgIpc) is 2.59. The lowest BCUT2D eigenvalue weighted by molar-refractivity contribution is 1.02. The summed E-state index contributed by atoms with van der Waals surface area (Å²) in [5, 5.41) is 6.53. The quantitative estimate of drug-likeness (QED) is 0.750. The lowest BCUT2D eigenvalue weighted by Gasteiger charge is -2.11. The van der Waals surface area contributed by atoms with Crippen molar-refractivity contribution in [3.63, 3.8) is 0 Å². The van der Waals surface area contributed by atoms with Crippen molar-refractivity contribution in [1.82, 2.24) is 15.0 Å². The van der Waals surface area contributed by atoms with E-state index in [-0.39, 0.29) is 0 Å². The highest BCUT2D eigenvalue weighted by atomic mass is 15.1. The molecule has 3 aromatic rings. The summed E-state index contributed by atoms with van der Waals surface area (Å²) in [4.78, 5) is 13.1. The lowest BCUT2D eigenvalue weighted by atomic mass is 10.1. The van der Waals surface area contributed by atoms with Crippen molar-refractivity contribution >= 4 is 17.5 Å². The minimum atomic E-state index is 0.574. The van der Waals surface area contributed by atoms with Crippen LogP contribution in [0.15, 0.2) is 54.9 Å². The number of nitrogens with zero attached hydrogens (tertiary/aromatic N) is 3. The van der Waals surface area contributed by atoms with E-state index in [2.05, 4.69) is 45.5 Å². The molecule has 0 aliphatic carbocycles. The van der Waals surface area contributed by atoms with Gasteiger partial charge in [-0.3, -0.25) is 4.98 Å². The third-order valence-corrected chi connectivity index (χ3v) is 3.68. The number of pyridine rings is 1. The van der Waals surface area contributed by atoms with E-state index in [0.717, 1.165) is 17.2 Å². The van der Waals surface area contributed by atoms with Crippen LogP contribution >= 0.6 is 0 Å². The molecule has 0 aliphatic rings. The molecule has 0 aliphatic heterocycles. The van der Waals surface area contributed by atoms with Crippen LogP contribution in [0.3, 0.4) is 0 Å². The maximum atomic E-state index is 4.49. The summed E-state index contributed by atoms with van der Waals surface area (Å²) >= 11 is 0. The van der Waals surface area contributed by atoms with Gasteiger partial charge in [-0.25, -0.2) is 4.98 Å². The Balaban J connectivity index is 1.71. The summed E-state index contributed by atoms with van der Waals surface area (Å²) in [6.07, 6.45) is 3.52. The van der Waals surface area contributed by atoms with Crippen molar-refractivity contribution < 1.29 is 0 Å². The fraction of sp³-hybridized carbons (Fsp3) is 0.167. The summed E-state index contributed by atoms with van der Waals surface area (Å²) in [7, 11) is 0. The highest BCUT2D eigenvalue weighted by molar-refractivity contribution is 5.60. The van der Waals surface area contributed by atoms with Crippen LogP contribution in [0, 0.1) is 13.8 Å². The van der Waals surface area contributed by atoms with Crippen LogP contribution in [0.4, 0.5) is 17.5 Å². The highest BCUT2D eigenvalue weighted by Gasteiger charge is 2.04. The Kier molecular flexibility index (Phi) is 4.47. The number of hydrogen-bond donors (Lipinski definition) is 2. The van der Waals surface area contributed by atoms with Gasteiger partial charge in [-0.05, 0) is 49.2 Å². The first kappa shape index (κ1) is 15.0. The molecule has 3 rings (SSSR count). The van der Waals surface area contributed by atoms with E-state index in [4.69, 9.17) is 0 Å². The van der Waals surface area contributed by atoms with E-state index >= 15 is 0 Å². The van der Waals surface area contributed by atoms with E-state index in [1.165, 1.54) is 11.1 Å². The van der Waals surface area contributed by atoms with Crippen LogP contribution in [-0.2, 0) is 6.54 Å². The maximum absolute atomic E-state index is 4.49. The molecule has 0 amide bonds. The van der Waals surface area contributed by atoms with Gasteiger partial charge in [-0.1, -0.05) is 18.2 Å². The fourth-order valence-corrected chi connectivity index (χ4v) is 2.21. The van der Waals surface area contributed by atoms with E-state index in [9.17, 15) is 0 Å². The van der Waals surface area contributed by atoms with Crippen molar-refractivity contribution in [2.24, 2.45) is 0 Å². The molecule has 2 aromatic heterocycles. The SMILES string of the molecule is Cc1cccc(Nc2nccc(NCc3ccccn3)n2)c1C. The van der Waals surface area contributed by atoms with Crippen LogP contribution < -0.4 is 10.6 Å². The second-order valence-electron chi connectivity index (χ2n) is 5.31.